The van der Waals surface area contributed by atoms with E-state index in [0.29, 0.717) is 6.54 Å². The van der Waals surface area contributed by atoms with Crippen LogP contribution in [0.25, 0.3) is 0 Å². The maximum Gasteiger partial charge on any atom is 0.335 e. The van der Waals surface area contributed by atoms with Gasteiger partial charge in [0.2, 0.25) is 0 Å². The highest BCUT2D eigenvalue weighted by Crippen LogP contribution is 2.23. The molecule has 0 aliphatic carbocycles. The monoisotopic (exact) mass is 220 g/mol. The van der Waals surface area contributed by atoms with Crippen molar-refractivity contribution < 1.29 is 14.7 Å². The van der Waals surface area contributed by atoms with Crippen LogP contribution in [0.2, 0.25) is 0 Å². The van der Waals surface area contributed by atoms with Crippen LogP contribution < -0.4 is 10.6 Å². The molecule has 0 radical (unpaired) electrons. The smallest absolute Gasteiger partial charge is 0.335 e. The molecule has 1 saturated heterocycles. The zero-order valence-corrected chi connectivity index (χ0v) is 8.78. The topological polar surface area (TPSA) is 78.4 Å². The summed E-state index contributed by atoms with van der Waals surface area (Å²) in [5.74, 6) is -0.970. The van der Waals surface area contributed by atoms with Crippen molar-refractivity contribution >= 4 is 12.0 Å². The predicted octanol–water partition coefficient (Wildman–Crippen LogP) is 0.913. The van der Waals surface area contributed by atoms with Crippen LogP contribution in [-0.4, -0.2) is 23.7 Å². The summed E-state index contributed by atoms with van der Waals surface area (Å²) in [6, 6.07) is 6.35. The minimum Gasteiger partial charge on any atom is -0.478 e. The molecule has 0 saturated carbocycles. The second-order valence-corrected chi connectivity index (χ2v) is 4.03. The molecular formula is C11H12N2O3. The van der Waals surface area contributed by atoms with Gasteiger partial charge in [-0.25, -0.2) is 9.59 Å². The molecule has 0 bridgehead atoms. The average molecular weight is 220 g/mol. The predicted molar refractivity (Wildman–Crippen MR) is 57.3 cm³/mol. The minimum absolute atomic E-state index is 0.222. The summed E-state index contributed by atoms with van der Waals surface area (Å²) in [4.78, 5) is 21.9. The number of nitrogens with one attached hydrogen (secondary N) is 2. The lowest BCUT2D eigenvalue weighted by molar-refractivity contribution is 0.0696. The molecule has 1 heterocycles. The summed E-state index contributed by atoms with van der Waals surface area (Å²) in [5, 5.41) is 14.3. The molecule has 5 heteroatoms. The Morgan fingerprint density at radius 3 is 2.81 bits per heavy atom. The van der Waals surface area contributed by atoms with Crippen LogP contribution in [0.5, 0.6) is 0 Å². The quantitative estimate of drug-likeness (QED) is 0.693. The number of benzene rings is 1. The maximum absolute atomic E-state index is 11.1. The van der Waals surface area contributed by atoms with E-state index in [2.05, 4.69) is 10.6 Å². The minimum atomic E-state index is -0.970. The van der Waals surface area contributed by atoms with Gasteiger partial charge in [0.1, 0.15) is 0 Å². The van der Waals surface area contributed by atoms with Crippen molar-refractivity contribution in [1.29, 1.82) is 0 Å². The number of urea groups is 1. The molecule has 3 N–H and O–H groups in total. The standard InChI is InChI=1S/C11H12N2O3/c1-11(6-12-10(16)13-11)8-4-2-3-7(5-8)9(14)15/h2-5H,6H2,1H3,(H,14,15)(H2,12,13,16). The number of carbonyl (C=O) groups is 2. The van der Waals surface area contributed by atoms with Crippen LogP contribution in [-0.2, 0) is 5.54 Å². The Balaban J connectivity index is 2.37. The average Bonchev–Trinajstić information content (AvgIpc) is 2.60. The van der Waals surface area contributed by atoms with Gasteiger partial charge in [0.05, 0.1) is 11.1 Å². The number of hydrogen-bond acceptors (Lipinski definition) is 2. The lowest BCUT2D eigenvalue weighted by Crippen LogP contribution is -2.37. The van der Waals surface area contributed by atoms with Crippen molar-refractivity contribution in [3.63, 3.8) is 0 Å². The fourth-order valence-corrected chi connectivity index (χ4v) is 1.77. The molecule has 84 valence electrons. The molecular weight excluding hydrogens is 208 g/mol. The molecule has 1 aromatic rings. The molecule has 2 amide bonds. The lowest BCUT2D eigenvalue weighted by Gasteiger charge is -2.23. The summed E-state index contributed by atoms with van der Waals surface area (Å²) >= 11 is 0. The Morgan fingerprint density at radius 2 is 2.25 bits per heavy atom. The number of hydrogen-bond donors (Lipinski definition) is 3. The van der Waals surface area contributed by atoms with Gasteiger partial charge in [0, 0.05) is 6.54 Å². The van der Waals surface area contributed by atoms with E-state index in [0.717, 1.165) is 5.56 Å². The SMILES string of the molecule is CC1(c2cccc(C(=O)O)c2)CNC(=O)N1. The second-order valence-electron chi connectivity index (χ2n) is 4.03. The number of amides is 2. The molecule has 1 aromatic carbocycles. The van der Waals surface area contributed by atoms with Crippen molar-refractivity contribution in [2.45, 2.75) is 12.5 Å². The molecule has 1 aliphatic heterocycles. The van der Waals surface area contributed by atoms with Crippen molar-refractivity contribution in [3.05, 3.63) is 35.4 Å². The number of aromatic carboxylic acids is 1. The summed E-state index contributed by atoms with van der Waals surface area (Å²) in [5.41, 5.74) is 0.466. The van der Waals surface area contributed by atoms with Gasteiger partial charge in [0.15, 0.2) is 0 Å². The number of carboxylic acid groups (broad SMARTS) is 1. The van der Waals surface area contributed by atoms with Crippen molar-refractivity contribution in [1.82, 2.24) is 10.6 Å². The van der Waals surface area contributed by atoms with E-state index in [1.54, 1.807) is 18.2 Å². The van der Waals surface area contributed by atoms with Gasteiger partial charge in [0.25, 0.3) is 0 Å². The first-order valence-electron chi connectivity index (χ1n) is 4.91. The largest absolute Gasteiger partial charge is 0.478 e. The van der Waals surface area contributed by atoms with Gasteiger partial charge in [-0.05, 0) is 24.6 Å². The molecule has 1 fully saturated rings. The third-order valence-electron chi connectivity index (χ3n) is 2.74. The fourth-order valence-electron chi connectivity index (χ4n) is 1.77. The van der Waals surface area contributed by atoms with Crippen LogP contribution in [0.15, 0.2) is 24.3 Å². The highest BCUT2D eigenvalue weighted by atomic mass is 16.4. The third-order valence-corrected chi connectivity index (χ3v) is 2.74. The summed E-state index contributed by atoms with van der Waals surface area (Å²) in [7, 11) is 0. The first kappa shape index (κ1) is 10.5. The first-order chi connectivity index (χ1) is 7.51. The first-order valence-corrected chi connectivity index (χ1v) is 4.91. The van der Waals surface area contributed by atoms with E-state index in [-0.39, 0.29) is 11.6 Å². The van der Waals surface area contributed by atoms with E-state index < -0.39 is 11.5 Å². The number of carboxylic acids is 1. The van der Waals surface area contributed by atoms with Gasteiger partial charge in [-0.15, -0.1) is 0 Å². The summed E-state index contributed by atoms with van der Waals surface area (Å²) < 4.78 is 0. The summed E-state index contributed by atoms with van der Waals surface area (Å²) in [6.45, 7) is 2.31. The van der Waals surface area contributed by atoms with Crippen molar-refractivity contribution in [2.24, 2.45) is 0 Å². The van der Waals surface area contributed by atoms with E-state index in [1.165, 1.54) is 6.07 Å². The van der Waals surface area contributed by atoms with E-state index >= 15 is 0 Å². The van der Waals surface area contributed by atoms with Crippen LogP contribution in [0.1, 0.15) is 22.8 Å². The van der Waals surface area contributed by atoms with Gasteiger partial charge in [-0.1, -0.05) is 12.1 Å². The highest BCUT2D eigenvalue weighted by molar-refractivity contribution is 5.88. The van der Waals surface area contributed by atoms with Crippen molar-refractivity contribution in [2.75, 3.05) is 6.54 Å². The fraction of sp³-hybridized carbons (Fsp3) is 0.273. The van der Waals surface area contributed by atoms with Gasteiger partial charge >= 0.3 is 12.0 Å². The number of carbonyl (C=O) groups excluding carboxylic acids is 1. The van der Waals surface area contributed by atoms with Crippen LogP contribution in [0.4, 0.5) is 4.79 Å². The van der Waals surface area contributed by atoms with Crippen LogP contribution >= 0.6 is 0 Å². The zero-order chi connectivity index (χ0) is 11.8. The Morgan fingerprint density at radius 1 is 1.50 bits per heavy atom. The van der Waals surface area contributed by atoms with Gasteiger partial charge in [-0.2, -0.15) is 0 Å². The van der Waals surface area contributed by atoms with E-state index in [1.807, 2.05) is 6.92 Å². The molecule has 1 unspecified atom stereocenters. The lowest BCUT2D eigenvalue weighted by atomic mass is 9.92. The Bertz CT molecular complexity index is 458. The van der Waals surface area contributed by atoms with Crippen molar-refractivity contribution in [3.8, 4) is 0 Å². The van der Waals surface area contributed by atoms with Gasteiger partial charge in [-0.3, -0.25) is 0 Å². The Hall–Kier alpha value is -2.04. The molecule has 2 rings (SSSR count). The molecule has 1 aliphatic rings. The van der Waals surface area contributed by atoms with Crippen LogP contribution in [0.3, 0.4) is 0 Å². The van der Waals surface area contributed by atoms with Crippen LogP contribution in [0, 0.1) is 0 Å². The summed E-state index contributed by atoms with van der Waals surface area (Å²) in [6.07, 6.45) is 0. The van der Waals surface area contributed by atoms with E-state index in [9.17, 15) is 9.59 Å². The maximum atomic E-state index is 11.1. The molecule has 16 heavy (non-hydrogen) atoms. The Labute approximate surface area is 92.5 Å². The number of rotatable bonds is 2. The third kappa shape index (κ3) is 1.71. The van der Waals surface area contributed by atoms with E-state index in [4.69, 9.17) is 5.11 Å². The normalized spacial score (nSPS) is 23.7. The second kappa shape index (κ2) is 3.52. The molecule has 5 nitrogen and oxygen atoms in total. The Kier molecular flexibility index (Phi) is 2.30. The molecule has 1 atom stereocenters. The highest BCUT2D eigenvalue weighted by Gasteiger charge is 2.34. The molecule has 0 aromatic heterocycles. The molecule has 0 spiro atoms. The van der Waals surface area contributed by atoms with Gasteiger partial charge < -0.3 is 15.7 Å². The zero-order valence-electron chi connectivity index (χ0n) is 8.78.